The molecule has 158 valence electrons. The monoisotopic (exact) mass is 518 g/mol. The number of carbonyl (C=O) groups is 1. The van der Waals surface area contributed by atoms with Gasteiger partial charge in [-0.25, -0.2) is 0 Å². The number of aliphatic imine (C=N–C) groups is 1. The minimum atomic E-state index is -0.132. The second-order valence-electron chi connectivity index (χ2n) is 6.54. The molecule has 1 aromatic heterocycles. The first-order valence-corrected chi connectivity index (χ1v) is 9.59. The Balaban J connectivity index is 0.00000320. The second-order valence-corrected chi connectivity index (χ2v) is 6.54. The van der Waals surface area contributed by atoms with Crippen LogP contribution in [0.1, 0.15) is 22.8 Å². The molecule has 3 aromatic rings. The van der Waals surface area contributed by atoms with Crippen molar-refractivity contribution in [1.29, 1.82) is 0 Å². The van der Waals surface area contributed by atoms with Crippen molar-refractivity contribution in [2.75, 3.05) is 20.1 Å². The zero-order chi connectivity index (χ0) is 20.3. The highest BCUT2D eigenvalue weighted by Gasteiger charge is 2.14. The molecule has 0 aliphatic rings. The highest BCUT2D eigenvalue weighted by molar-refractivity contribution is 14.0. The SMILES string of the molecule is CN=C(NCC(=O)NCc1ccco1)NCC(c1ccccc1)c1ccccc1.I. The Kier molecular flexibility index (Phi) is 9.93. The van der Waals surface area contributed by atoms with E-state index in [0.717, 1.165) is 5.76 Å². The molecular formula is C23H27IN4O2. The molecule has 0 fully saturated rings. The number of nitrogens with one attached hydrogen (secondary N) is 3. The summed E-state index contributed by atoms with van der Waals surface area (Å²) < 4.78 is 5.21. The first-order valence-electron chi connectivity index (χ1n) is 9.59. The Morgan fingerprint density at radius 3 is 2.07 bits per heavy atom. The Bertz CT molecular complexity index is 860. The van der Waals surface area contributed by atoms with Crippen LogP contribution in [-0.4, -0.2) is 32.0 Å². The number of furan rings is 1. The quantitative estimate of drug-likeness (QED) is 0.242. The molecular weight excluding hydrogens is 491 g/mol. The van der Waals surface area contributed by atoms with E-state index in [-0.39, 0.29) is 42.3 Å². The van der Waals surface area contributed by atoms with Crippen LogP contribution in [0.15, 0.2) is 88.5 Å². The highest BCUT2D eigenvalue weighted by Crippen LogP contribution is 2.23. The van der Waals surface area contributed by atoms with Gasteiger partial charge in [0.05, 0.1) is 19.4 Å². The Morgan fingerprint density at radius 2 is 1.53 bits per heavy atom. The second kappa shape index (κ2) is 12.7. The van der Waals surface area contributed by atoms with E-state index >= 15 is 0 Å². The lowest BCUT2D eigenvalue weighted by molar-refractivity contribution is -0.120. The lowest BCUT2D eigenvalue weighted by atomic mass is 9.91. The molecule has 0 aliphatic heterocycles. The summed E-state index contributed by atoms with van der Waals surface area (Å²) in [5, 5.41) is 9.19. The smallest absolute Gasteiger partial charge is 0.239 e. The lowest BCUT2D eigenvalue weighted by Crippen LogP contribution is -2.44. The number of guanidine groups is 1. The van der Waals surface area contributed by atoms with Crippen LogP contribution in [0.3, 0.4) is 0 Å². The molecule has 6 nitrogen and oxygen atoms in total. The summed E-state index contributed by atoms with van der Waals surface area (Å²) in [5.41, 5.74) is 2.44. The largest absolute Gasteiger partial charge is 0.467 e. The predicted molar refractivity (Wildman–Crippen MR) is 130 cm³/mol. The van der Waals surface area contributed by atoms with Gasteiger partial charge in [-0.15, -0.1) is 24.0 Å². The van der Waals surface area contributed by atoms with Crippen molar-refractivity contribution in [2.45, 2.75) is 12.5 Å². The van der Waals surface area contributed by atoms with E-state index in [9.17, 15) is 4.79 Å². The number of rotatable bonds is 8. The van der Waals surface area contributed by atoms with E-state index < -0.39 is 0 Å². The van der Waals surface area contributed by atoms with Gasteiger partial charge in [-0.05, 0) is 23.3 Å². The topological polar surface area (TPSA) is 78.7 Å². The molecule has 0 spiro atoms. The molecule has 2 aromatic carbocycles. The number of halogens is 1. The van der Waals surface area contributed by atoms with Gasteiger partial charge < -0.3 is 20.4 Å². The number of benzene rings is 2. The van der Waals surface area contributed by atoms with Crippen LogP contribution < -0.4 is 16.0 Å². The first kappa shape index (κ1) is 23.5. The standard InChI is InChI=1S/C23H26N4O2.HI/c1-24-23(27-17-22(28)25-15-20-13-8-14-29-20)26-16-21(18-9-4-2-5-10-18)19-11-6-3-7-12-19;/h2-14,21H,15-17H2,1H3,(H,25,28)(H2,24,26,27);1H. The number of hydrogen-bond acceptors (Lipinski definition) is 3. The summed E-state index contributed by atoms with van der Waals surface area (Å²) in [5.74, 6) is 1.33. The molecule has 0 saturated heterocycles. The molecule has 1 heterocycles. The van der Waals surface area contributed by atoms with Gasteiger partial charge in [0.2, 0.25) is 5.91 Å². The fraction of sp³-hybridized carbons (Fsp3) is 0.217. The van der Waals surface area contributed by atoms with Gasteiger partial charge in [-0.2, -0.15) is 0 Å². The fourth-order valence-electron chi connectivity index (χ4n) is 3.04. The van der Waals surface area contributed by atoms with Gasteiger partial charge in [0.15, 0.2) is 5.96 Å². The van der Waals surface area contributed by atoms with Gasteiger partial charge in [-0.3, -0.25) is 9.79 Å². The molecule has 3 N–H and O–H groups in total. The van der Waals surface area contributed by atoms with E-state index in [1.54, 1.807) is 19.4 Å². The minimum Gasteiger partial charge on any atom is -0.467 e. The van der Waals surface area contributed by atoms with Crippen molar-refractivity contribution >= 4 is 35.8 Å². The van der Waals surface area contributed by atoms with Crippen molar-refractivity contribution in [1.82, 2.24) is 16.0 Å². The third kappa shape index (κ3) is 7.22. The van der Waals surface area contributed by atoms with Gasteiger partial charge in [0.25, 0.3) is 0 Å². The highest BCUT2D eigenvalue weighted by atomic mass is 127. The average molecular weight is 518 g/mol. The lowest BCUT2D eigenvalue weighted by Gasteiger charge is -2.20. The van der Waals surface area contributed by atoms with Crippen molar-refractivity contribution < 1.29 is 9.21 Å². The summed E-state index contributed by atoms with van der Waals surface area (Å²) in [4.78, 5) is 16.3. The Labute approximate surface area is 194 Å². The summed E-state index contributed by atoms with van der Waals surface area (Å²) in [6.45, 7) is 1.15. The van der Waals surface area contributed by atoms with Gasteiger partial charge >= 0.3 is 0 Å². The van der Waals surface area contributed by atoms with Crippen LogP contribution >= 0.6 is 24.0 Å². The molecule has 1 amide bonds. The first-order chi connectivity index (χ1) is 14.3. The number of nitrogens with zero attached hydrogens (tertiary/aromatic N) is 1. The fourth-order valence-corrected chi connectivity index (χ4v) is 3.04. The molecule has 0 radical (unpaired) electrons. The van der Waals surface area contributed by atoms with Crippen LogP contribution in [0.5, 0.6) is 0 Å². The van der Waals surface area contributed by atoms with Gasteiger partial charge in [-0.1, -0.05) is 60.7 Å². The van der Waals surface area contributed by atoms with Crippen LogP contribution in [0.2, 0.25) is 0 Å². The van der Waals surface area contributed by atoms with Gasteiger partial charge in [0, 0.05) is 19.5 Å². The van der Waals surface area contributed by atoms with Crippen LogP contribution in [0.4, 0.5) is 0 Å². The maximum atomic E-state index is 12.0. The molecule has 7 heteroatoms. The van der Waals surface area contributed by atoms with Crippen molar-refractivity contribution in [2.24, 2.45) is 4.99 Å². The minimum absolute atomic E-state index is 0. The summed E-state index contributed by atoms with van der Waals surface area (Å²) >= 11 is 0. The molecule has 0 bridgehead atoms. The predicted octanol–water partition coefficient (Wildman–Crippen LogP) is 3.51. The van der Waals surface area contributed by atoms with Crippen LogP contribution in [-0.2, 0) is 11.3 Å². The third-order valence-corrected chi connectivity index (χ3v) is 4.56. The van der Waals surface area contributed by atoms with E-state index in [2.05, 4.69) is 45.2 Å². The Hall–Kier alpha value is -2.81. The molecule has 0 atom stereocenters. The van der Waals surface area contributed by atoms with Crippen LogP contribution in [0.25, 0.3) is 0 Å². The maximum absolute atomic E-state index is 12.0. The Morgan fingerprint density at radius 1 is 0.900 bits per heavy atom. The molecule has 0 aliphatic carbocycles. The summed E-state index contributed by atoms with van der Waals surface area (Å²) in [6, 6.07) is 24.3. The zero-order valence-corrected chi connectivity index (χ0v) is 19.2. The maximum Gasteiger partial charge on any atom is 0.239 e. The van der Waals surface area contributed by atoms with Crippen LogP contribution in [0, 0.1) is 0 Å². The summed E-state index contributed by atoms with van der Waals surface area (Å²) in [7, 11) is 1.69. The average Bonchev–Trinajstić information content (AvgIpc) is 3.30. The normalized spacial score (nSPS) is 10.9. The van der Waals surface area contributed by atoms with Crippen molar-refractivity contribution in [3.05, 3.63) is 95.9 Å². The molecule has 3 rings (SSSR count). The summed E-state index contributed by atoms with van der Waals surface area (Å²) in [6.07, 6.45) is 1.58. The van der Waals surface area contributed by atoms with E-state index in [0.29, 0.717) is 19.0 Å². The van der Waals surface area contributed by atoms with Crippen molar-refractivity contribution in [3.8, 4) is 0 Å². The van der Waals surface area contributed by atoms with E-state index in [1.165, 1.54) is 11.1 Å². The molecule has 0 saturated carbocycles. The number of hydrogen-bond donors (Lipinski definition) is 3. The third-order valence-electron chi connectivity index (χ3n) is 4.56. The van der Waals surface area contributed by atoms with E-state index in [1.807, 2.05) is 42.5 Å². The van der Waals surface area contributed by atoms with Gasteiger partial charge in [0.1, 0.15) is 5.76 Å². The number of amides is 1. The zero-order valence-electron chi connectivity index (χ0n) is 16.9. The molecule has 0 unspecified atom stereocenters. The van der Waals surface area contributed by atoms with E-state index in [4.69, 9.17) is 4.42 Å². The number of carbonyl (C=O) groups excluding carboxylic acids is 1. The van der Waals surface area contributed by atoms with Crippen molar-refractivity contribution in [3.63, 3.8) is 0 Å². The molecule has 30 heavy (non-hydrogen) atoms.